The molecular formula is C22H20N4O2S. The number of thioether (sulfide) groups is 1. The van der Waals surface area contributed by atoms with E-state index in [0.717, 1.165) is 21.7 Å². The zero-order valence-electron chi connectivity index (χ0n) is 16.4. The van der Waals surface area contributed by atoms with E-state index in [9.17, 15) is 4.79 Å². The maximum absolute atomic E-state index is 12.3. The maximum atomic E-state index is 12.3. The Hall–Kier alpha value is -3.19. The van der Waals surface area contributed by atoms with E-state index in [1.54, 1.807) is 17.8 Å². The lowest BCUT2D eigenvalue weighted by molar-refractivity contribution is 0.363. The van der Waals surface area contributed by atoms with Gasteiger partial charge in [0.25, 0.3) is 5.56 Å². The minimum absolute atomic E-state index is 0.118. The summed E-state index contributed by atoms with van der Waals surface area (Å²) in [6, 6.07) is 17.3. The van der Waals surface area contributed by atoms with Crippen LogP contribution in [0, 0.1) is 13.8 Å². The van der Waals surface area contributed by atoms with Crippen molar-refractivity contribution in [2.45, 2.75) is 25.3 Å². The molecule has 4 rings (SSSR count). The Bertz CT molecular complexity index is 1210. The van der Waals surface area contributed by atoms with Crippen LogP contribution in [0.4, 0.5) is 0 Å². The van der Waals surface area contributed by atoms with E-state index in [1.807, 2.05) is 42.7 Å². The molecule has 146 valence electrons. The Labute approximate surface area is 172 Å². The van der Waals surface area contributed by atoms with Gasteiger partial charge in [0.15, 0.2) is 0 Å². The highest BCUT2D eigenvalue weighted by Gasteiger charge is 2.12. The first kappa shape index (κ1) is 19.1. The number of hydrogen-bond donors (Lipinski definition) is 0. The van der Waals surface area contributed by atoms with Crippen molar-refractivity contribution in [3.05, 3.63) is 82.0 Å². The molecule has 7 heteroatoms. The molecule has 2 aromatic carbocycles. The van der Waals surface area contributed by atoms with Gasteiger partial charge in [-0.2, -0.15) is 10.1 Å². The smallest absolute Gasteiger partial charge is 0.267 e. The number of aryl methyl sites for hydroxylation is 2. The van der Waals surface area contributed by atoms with E-state index >= 15 is 0 Å². The Balaban J connectivity index is 1.60. The summed E-state index contributed by atoms with van der Waals surface area (Å²) in [5, 5.41) is 8.52. The number of benzene rings is 2. The minimum atomic E-state index is -0.221. The topological polar surface area (TPSA) is 73.8 Å². The van der Waals surface area contributed by atoms with Gasteiger partial charge in [-0.15, -0.1) is 11.8 Å². The van der Waals surface area contributed by atoms with E-state index in [0.29, 0.717) is 11.7 Å². The molecule has 0 saturated heterocycles. The zero-order chi connectivity index (χ0) is 20.4. The standard InChI is InChI=1S/C22H20N4O2S/c1-14-4-5-17(12-15(14)2)19-10-11-21(27)26(24-19)13-20-23-22(25-28-20)16-6-8-18(29-3)9-7-16/h4-12H,13H2,1-3H3. The summed E-state index contributed by atoms with van der Waals surface area (Å²) in [5.41, 5.74) is 4.72. The molecule has 0 saturated carbocycles. The van der Waals surface area contributed by atoms with Crippen molar-refractivity contribution in [2.24, 2.45) is 0 Å². The van der Waals surface area contributed by atoms with Crippen molar-refractivity contribution in [1.29, 1.82) is 0 Å². The summed E-state index contributed by atoms with van der Waals surface area (Å²) < 4.78 is 6.69. The van der Waals surface area contributed by atoms with Gasteiger partial charge in [-0.05, 0) is 67.6 Å². The van der Waals surface area contributed by atoms with E-state index in [-0.39, 0.29) is 12.1 Å². The SMILES string of the molecule is CSc1ccc(-c2noc(Cn3nc(-c4ccc(C)c(C)c4)ccc3=O)n2)cc1. The van der Waals surface area contributed by atoms with Crippen molar-refractivity contribution in [3.8, 4) is 22.6 Å². The van der Waals surface area contributed by atoms with Gasteiger partial charge in [0.1, 0.15) is 6.54 Å². The summed E-state index contributed by atoms with van der Waals surface area (Å²) in [6.07, 6.45) is 2.03. The Morgan fingerprint density at radius 2 is 1.72 bits per heavy atom. The molecule has 0 aliphatic carbocycles. The molecule has 0 amide bonds. The lowest BCUT2D eigenvalue weighted by Gasteiger charge is -2.07. The molecule has 0 fully saturated rings. The third-order valence-electron chi connectivity index (χ3n) is 4.77. The monoisotopic (exact) mass is 404 g/mol. The summed E-state index contributed by atoms with van der Waals surface area (Å²) >= 11 is 1.67. The van der Waals surface area contributed by atoms with Gasteiger partial charge in [-0.3, -0.25) is 4.79 Å². The first-order valence-electron chi connectivity index (χ1n) is 9.16. The van der Waals surface area contributed by atoms with Crippen LogP contribution < -0.4 is 5.56 Å². The Morgan fingerprint density at radius 3 is 2.45 bits per heavy atom. The molecular weight excluding hydrogens is 384 g/mol. The van der Waals surface area contributed by atoms with Crippen molar-refractivity contribution < 1.29 is 4.52 Å². The van der Waals surface area contributed by atoms with Crippen LogP contribution in [0.2, 0.25) is 0 Å². The highest BCUT2D eigenvalue weighted by atomic mass is 32.2. The van der Waals surface area contributed by atoms with Crippen LogP contribution in [-0.2, 0) is 6.54 Å². The molecule has 6 nitrogen and oxygen atoms in total. The summed E-state index contributed by atoms with van der Waals surface area (Å²) in [6.45, 7) is 4.24. The zero-order valence-corrected chi connectivity index (χ0v) is 17.2. The second-order valence-electron chi connectivity index (χ2n) is 6.75. The third-order valence-corrected chi connectivity index (χ3v) is 5.51. The van der Waals surface area contributed by atoms with Gasteiger partial charge in [0.05, 0.1) is 5.69 Å². The van der Waals surface area contributed by atoms with E-state index in [2.05, 4.69) is 35.2 Å². The summed E-state index contributed by atoms with van der Waals surface area (Å²) in [5.74, 6) is 0.826. The van der Waals surface area contributed by atoms with Gasteiger partial charge < -0.3 is 4.52 Å². The van der Waals surface area contributed by atoms with Gasteiger partial charge in [-0.1, -0.05) is 17.3 Å². The average Bonchev–Trinajstić information content (AvgIpc) is 3.20. The van der Waals surface area contributed by atoms with Gasteiger partial charge >= 0.3 is 0 Å². The third kappa shape index (κ3) is 4.14. The second kappa shape index (κ2) is 8.05. The fourth-order valence-corrected chi connectivity index (χ4v) is 3.33. The van der Waals surface area contributed by atoms with Crippen molar-refractivity contribution >= 4 is 11.8 Å². The summed E-state index contributed by atoms with van der Waals surface area (Å²) in [7, 11) is 0. The molecule has 0 aliphatic rings. The van der Waals surface area contributed by atoms with Crippen molar-refractivity contribution in [1.82, 2.24) is 19.9 Å². The number of hydrogen-bond acceptors (Lipinski definition) is 6. The number of aromatic nitrogens is 4. The maximum Gasteiger partial charge on any atom is 0.267 e. The molecule has 0 bridgehead atoms. The van der Waals surface area contributed by atoms with Crippen molar-refractivity contribution in [3.63, 3.8) is 0 Å². The first-order chi connectivity index (χ1) is 14.0. The average molecular weight is 404 g/mol. The molecule has 0 unspecified atom stereocenters. The van der Waals surface area contributed by atoms with Crippen LogP contribution in [-0.4, -0.2) is 26.2 Å². The number of rotatable bonds is 5. The Kier molecular flexibility index (Phi) is 5.31. The van der Waals surface area contributed by atoms with Crippen LogP contribution in [0.15, 0.2) is 68.8 Å². The predicted molar refractivity (Wildman–Crippen MR) is 114 cm³/mol. The van der Waals surface area contributed by atoms with Crippen LogP contribution in [0.25, 0.3) is 22.6 Å². The normalized spacial score (nSPS) is 11.0. The quantitative estimate of drug-likeness (QED) is 0.461. The van der Waals surface area contributed by atoms with Crippen LogP contribution >= 0.6 is 11.8 Å². The van der Waals surface area contributed by atoms with E-state index in [1.165, 1.54) is 21.9 Å². The molecule has 0 aliphatic heterocycles. The molecule has 0 radical (unpaired) electrons. The first-order valence-corrected chi connectivity index (χ1v) is 10.4. The minimum Gasteiger partial charge on any atom is -0.337 e. The predicted octanol–water partition coefficient (Wildman–Crippen LogP) is 4.35. The van der Waals surface area contributed by atoms with Gasteiger partial charge in [0.2, 0.25) is 11.7 Å². The fraction of sp³-hybridized carbons (Fsp3) is 0.182. The molecule has 2 heterocycles. The van der Waals surface area contributed by atoms with E-state index in [4.69, 9.17) is 4.52 Å². The van der Waals surface area contributed by atoms with Crippen LogP contribution in [0.1, 0.15) is 17.0 Å². The highest BCUT2D eigenvalue weighted by Crippen LogP contribution is 2.22. The number of nitrogens with zero attached hydrogens (tertiary/aromatic N) is 4. The van der Waals surface area contributed by atoms with E-state index < -0.39 is 0 Å². The van der Waals surface area contributed by atoms with Crippen LogP contribution in [0.5, 0.6) is 0 Å². The molecule has 0 spiro atoms. The highest BCUT2D eigenvalue weighted by molar-refractivity contribution is 7.98. The fourth-order valence-electron chi connectivity index (χ4n) is 2.92. The Morgan fingerprint density at radius 1 is 0.966 bits per heavy atom. The molecule has 0 N–H and O–H groups in total. The lowest BCUT2D eigenvalue weighted by Crippen LogP contribution is -2.23. The van der Waals surface area contributed by atoms with Crippen molar-refractivity contribution in [2.75, 3.05) is 6.26 Å². The lowest BCUT2D eigenvalue weighted by atomic mass is 10.0. The second-order valence-corrected chi connectivity index (χ2v) is 7.63. The van der Waals surface area contributed by atoms with Crippen LogP contribution in [0.3, 0.4) is 0 Å². The van der Waals surface area contributed by atoms with Gasteiger partial charge in [-0.25, -0.2) is 4.68 Å². The molecule has 29 heavy (non-hydrogen) atoms. The molecule has 0 atom stereocenters. The van der Waals surface area contributed by atoms with Gasteiger partial charge in [0, 0.05) is 22.1 Å². The molecule has 4 aromatic rings. The summed E-state index contributed by atoms with van der Waals surface area (Å²) in [4.78, 5) is 17.9. The molecule has 2 aromatic heterocycles. The largest absolute Gasteiger partial charge is 0.337 e.